The van der Waals surface area contributed by atoms with E-state index in [0.717, 1.165) is 39.1 Å². The number of carbonyl (C=O) groups is 1. The van der Waals surface area contributed by atoms with E-state index < -0.39 is 0 Å². The topological polar surface area (TPSA) is 57.4 Å². The maximum atomic E-state index is 13.3. The van der Waals surface area contributed by atoms with E-state index in [4.69, 9.17) is 4.74 Å². The Balaban J connectivity index is 1.56. The van der Waals surface area contributed by atoms with Crippen molar-refractivity contribution in [3.63, 3.8) is 0 Å². The van der Waals surface area contributed by atoms with Crippen molar-refractivity contribution in [1.29, 1.82) is 0 Å². The Bertz CT molecular complexity index is 1230. The average Bonchev–Trinajstić information content (AvgIpc) is 3.19. The van der Waals surface area contributed by atoms with Gasteiger partial charge >= 0.3 is 6.03 Å². The van der Waals surface area contributed by atoms with Gasteiger partial charge in [-0.15, -0.1) is 0 Å². The second-order valence-corrected chi connectivity index (χ2v) is 8.53. The second kappa shape index (κ2) is 8.12. The summed E-state index contributed by atoms with van der Waals surface area (Å²) in [6.07, 6.45) is 0.805. The molecule has 31 heavy (non-hydrogen) atoms. The number of urea groups is 1. The molecule has 0 saturated carbocycles. The van der Waals surface area contributed by atoms with Gasteiger partial charge in [-0.3, -0.25) is 0 Å². The molecule has 1 aliphatic rings. The lowest BCUT2D eigenvalue weighted by Crippen LogP contribution is -2.43. The lowest BCUT2D eigenvalue weighted by atomic mass is 9.92. The van der Waals surface area contributed by atoms with Gasteiger partial charge in [0, 0.05) is 33.3 Å². The van der Waals surface area contributed by atoms with Crippen LogP contribution in [0.15, 0.2) is 77.3 Å². The van der Waals surface area contributed by atoms with Crippen LogP contribution < -0.4 is 10.1 Å². The predicted octanol–water partition coefficient (Wildman–Crippen LogP) is 6.12. The van der Waals surface area contributed by atoms with Gasteiger partial charge in [-0.05, 0) is 60.0 Å². The molecule has 2 N–H and O–H groups in total. The summed E-state index contributed by atoms with van der Waals surface area (Å²) in [6, 6.07) is 23.6. The van der Waals surface area contributed by atoms with Crippen molar-refractivity contribution in [3.05, 3.63) is 94.1 Å². The molecular weight excluding hydrogens is 454 g/mol. The highest BCUT2D eigenvalue weighted by molar-refractivity contribution is 9.10. The molecule has 0 spiro atoms. The van der Waals surface area contributed by atoms with Crippen LogP contribution in [0, 0.1) is 0 Å². The predicted molar refractivity (Wildman–Crippen MR) is 127 cm³/mol. The van der Waals surface area contributed by atoms with Gasteiger partial charge in [-0.1, -0.05) is 46.3 Å². The van der Waals surface area contributed by atoms with Gasteiger partial charge in [0.1, 0.15) is 5.75 Å². The summed E-state index contributed by atoms with van der Waals surface area (Å²) in [5.41, 5.74) is 5.26. The number of benzene rings is 3. The van der Waals surface area contributed by atoms with Gasteiger partial charge in [-0.25, -0.2) is 4.79 Å². The summed E-state index contributed by atoms with van der Waals surface area (Å²) in [4.78, 5) is 18.8. The third-order valence-corrected chi connectivity index (χ3v) is 6.35. The summed E-state index contributed by atoms with van der Waals surface area (Å²) in [5, 5.41) is 4.28. The number of aromatic nitrogens is 1. The molecular formula is C25H22BrN3O2. The number of hydrogen-bond acceptors (Lipinski definition) is 2. The number of methoxy groups -OCH3 is 1. The first-order valence-electron chi connectivity index (χ1n) is 10.2. The summed E-state index contributed by atoms with van der Waals surface area (Å²) in [6.45, 7) is 0.633. The Hall–Kier alpha value is -3.25. The number of H-pyrrole nitrogens is 1. The number of hydrogen-bond donors (Lipinski definition) is 2. The number of halogens is 1. The monoisotopic (exact) mass is 475 g/mol. The molecule has 3 aromatic carbocycles. The Morgan fingerprint density at radius 3 is 2.55 bits per heavy atom. The number of fused-ring (bicyclic) bond motifs is 3. The zero-order valence-electron chi connectivity index (χ0n) is 17.1. The van der Waals surface area contributed by atoms with Crippen LogP contribution in [0.2, 0.25) is 0 Å². The molecule has 0 saturated heterocycles. The average molecular weight is 476 g/mol. The van der Waals surface area contributed by atoms with Crippen LogP contribution in [-0.4, -0.2) is 29.6 Å². The first-order chi connectivity index (χ1) is 15.1. The van der Waals surface area contributed by atoms with Crippen molar-refractivity contribution >= 4 is 38.6 Å². The summed E-state index contributed by atoms with van der Waals surface area (Å²) < 4.78 is 6.31. The lowest BCUT2D eigenvalue weighted by Gasteiger charge is -2.36. The highest BCUT2D eigenvalue weighted by atomic mass is 79.9. The maximum Gasteiger partial charge on any atom is 0.322 e. The van der Waals surface area contributed by atoms with Gasteiger partial charge in [0.2, 0.25) is 0 Å². The Labute approximate surface area is 189 Å². The van der Waals surface area contributed by atoms with Crippen LogP contribution in [0.4, 0.5) is 10.5 Å². The fourth-order valence-electron chi connectivity index (χ4n) is 4.32. The van der Waals surface area contributed by atoms with Gasteiger partial charge in [0.25, 0.3) is 0 Å². The lowest BCUT2D eigenvalue weighted by molar-refractivity contribution is 0.193. The molecule has 5 nitrogen and oxygen atoms in total. The second-order valence-electron chi connectivity index (χ2n) is 7.62. The molecule has 0 bridgehead atoms. The fourth-order valence-corrected chi connectivity index (χ4v) is 4.59. The normalized spacial score (nSPS) is 15.5. The number of amides is 2. The van der Waals surface area contributed by atoms with Crippen molar-refractivity contribution in [1.82, 2.24) is 9.88 Å². The van der Waals surface area contributed by atoms with E-state index in [1.54, 1.807) is 7.11 Å². The molecule has 0 aliphatic carbocycles. The van der Waals surface area contributed by atoms with E-state index in [9.17, 15) is 4.79 Å². The zero-order valence-corrected chi connectivity index (χ0v) is 18.6. The molecule has 1 atom stereocenters. The number of rotatable bonds is 3. The van der Waals surface area contributed by atoms with Crippen LogP contribution in [0.1, 0.15) is 22.9 Å². The number of anilines is 1. The van der Waals surface area contributed by atoms with Gasteiger partial charge in [0.15, 0.2) is 0 Å². The van der Waals surface area contributed by atoms with E-state index in [0.29, 0.717) is 6.54 Å². The van der Waals surface area contributed by atoms with E-state index in [-0.39, 0.29) is 12.1 Å². The van der Waals surface area contributed by atoms with Crippen molar-refractivity contribution in [2.24, 2.45) is 0 Å². The van der Waals surface area contributed by atoms with Gasteiger partial charge in [-0.2, -0.15) is 0 Å². The largest absolute Gasteiger partial charge is 0.497 e. The molecule has 0 unspecified atom stereocenters. The summed E-state index contributed by atoms with van der Waals surface area (Å²) >= 11 is 3.44. The van der Waals surface area contributed by atoms with Crippen molar-refractivity contribution in [2.75, 3.05) is 19.0 Å². The molecule has 6 heteroatoms. The molecule has 4 aromatic rings. The SMILES string of the molecule is COc1ccc([C@H]2c3[nH]c4ccccc4c3CCN2C(=O)Nc2ccc(Br)cc2)cc1. The number of nitrogens with one attached hydrogen (secondary N) is 2. The number of aromatic amines is 1. The smallest absolute Gasteiger partial charge is 0.322 e. The highest BCUT2D eigenvalue weighted by Gasteiger charge is 2.34. The minimum absolute atomic E-state index is 0.118. The van der Waals surface area contributed by atoms with Gasteiger partial charge < -0.3 is 19.9 Å². The first-order valence-corrected chi connectivity index (χ1v) is 11.0. The van der Waals surface area contributed by atoms with E-state index in [1.807, 2.05) is 59.5 Å². The molecule has 156 valence electrons. The number of nitrogens with zero attached hydrogens (tertiary/aromatic N) is 1. The third kappa shape index (κ3) is 3.68. The minimum Gasteiger partial charge on any atom is -0.497 e. The van der Waals surface area contributed by atoms with Crippen molar-refractivity contribution in [2.45, 2.75) is 12.5 Å². The van der Waals surface area contributed by atoms with E-state index in [2.05, 4.69) is 44.4 Å². The Kier molecular flexibility index (Phi) is 5.16. The molecule has 5 rings (SSSR count). The van der Waals surface area contributed by atoms with Crippen molar-refractivity contribution in [3.8, 4) is 5.75 Å². The highest BCUT2D eigenvalue weighted by Crippen LogP contribution is 2.39. The third-order valence-electron chi connectivity index (χ3n) is 5.82. The van der Waals surface area contributed by atoms with Crippen molar-refractivity contribution < 1.29 is 9.53 Å². The quantitative estimate of drug-likeness (QED) is 0.375. The van der Waals surface area contributed by atoms with E-state index >= 15 is 0 Å². The van der Waals surface area contributed by atoms with Crippen LogP contribution >= 0.6 is 15.9 Å². The summed E-state index contributed by atoms with van der Waals surface area (Å²) in [7, 11) is 1.66. The fraction of sp³-hybridized carbons (Fsp3) is 0.160. The molecule has 2 amide bonds. The molecule has 1 aliphatic heterocycles. The first kappa shape index (κ1) is 19.7. The summed E-state index contributed by atoms with van der Waals surface area (Å²) in [5.74, 6) is 0.794. The number of ether oxygens (including phenoxy) is 1. The molecule has 2 heterocycles. The zero-order chi connectivity index (χ0) is 21.4. The van der Waals surface area contributed by atoms with Crippen LogP contribution in [0.5, 0.6) is 5.75 Å². The van der Waals surface area contributed by atoms with Gasteiger partial charge in [0.05, 0.1) is 13.2 Å². The molecule has 1 aromatic heterocycles. The van der Waals surface area contributed by atoms with Crippen LogP contribution in [0.3, 0.4) is 0 Å². The Morgan fingerprint density at radius 1 is 1.06 bits per heavy atom. The Morgan fingerprint density at radius 2 is 1.81 bits per heavy atom. The van der Waals surface area contributed by atoms with Crippen LogP contribution in [0.25, 0.3) is 10.9 Å². The molecule has 0 fully saturated rings. The van der Waals surface area contributed by atoms with Crippen LogP contribution in [-0.2, 0) is 6.42 Å². The standard InChI is InChI=1S/C25H22BrN3O2/c1-31-19-12-6-16(7-13-19)24-23-21(20-4-2-3-5-22(20)28-23)14-15-29(24)25(30)27-18-10-8-17(26)9-11-18/h2-13,24,28H,14-15H2,1H3,(H,27,30)/t24-/m0/s1. The maximum absolute atomic E-state index is 13.3. The molecule has 0 radical (unpaired) electrons. The number of para-hydroxylation sites is 1. The number of carbonyl (C=O) groups excluding carboxylic acids is 1. The van der Waals surface area contributed by atoms with E-state index in [1.165, 1.54) is 10.9 Å². The minimum atomic E-state index is -0.211.